The summed E-state index contributed by atoms with van der Waals surface area (Å²) in [7, 11) is 0. The normalized spacial score (nSPS) is 11.6. The van der Waals surface area contributed by atoms with E-state index in [-0.39, 0.29) is 5.84 Å². The lowest BCUT2D eigenvalue weighted by molar-refractivity contribution is 0.318. The van der Waals surface area contributed by atoms with Gasteiger partial charge < -0.3 is 10.9 Å². The highest BCUT2D eigenvalue weighted by molar-refractivity contribution is 5.97. The molecule has 0 saturated heterocycles. The number of nitrogens with two attached hydrogens (primary N) is 1. The molecule has 0 aliphatic carbocycles. The Balaban J connectivity index is 2.44. The van der Waals surface area contributed by atoms with E-state index < -0.39 is 0 Å². The fourth-order valence-electron chi connectivity index (χ4n) is 1.16. The zero-order valence-corrected chi connectivity index (χ0v) is 7.62. The smallest absolute Gasteiger partial charge is 0.204 e. The van der Waals surface area contributed by atoms with Gasteiger partial charge in [0, 0.05) is 11.1 Å². The summed E-state index contributed by atoms with van der Waals surface area (Å²) < 4.78 is 0. The lowest BCUT2D eigenvalue weighted by Gasteiger charge is -1.99. The van der Waals surface area contributed by atoms with Crippen LogP contribution in [0.25, 0.3) is 11.4 Å². The first-order valence-corrected chi connectivity index (χ1v) is 4.13. The number of hydrogen-bond acceptors (Lipinski definition) is 5. The van der Waals surface area contributed by atoms with Crippen molar-refractivity contribution in [3.8, 4) is 11.4 Å². The molecule has 7 nitrogen and oxygen atoms in total. The van der Waals surface area contributed by atoms with Crippen LogP contribution in [-0.4, -0.2) is 31.7 Å². The third-order valence-electron chi connectivity index (χ3n) is 1.87. The van der Waals surface area contributed by atoms with E-state index in [0.717, 1.165) is 5.56 Å². The van der Waals surface area contributed by atoms with E-state index in [0.29, 0.717) is 11.4 Å². The summed E-state index contributed by atoms with van der Waals surface area (Å²) in [6, 6.07) is 7.00. The Morgan fingerprint density at radius 2 is 2.33 bits per heavy atom. The number of H-pyrrole nitrogens is 1. The minimum Gasteiger partial charge on any atom is -0.409 e. The Labute approximate surface area is 84.6 Å². The molecule has 1 aromatic heterocycles. The fraction of sp³-hybridized carbons (Fsp3) is 0. The maximum Gasteiger partial charge on any atom is 0.204 e. The molecule has 0 radical (unpaired) electrons. The zero-order valence-electron chi connectivity index (χ0n) is 7.62. The van der Waals surface area contributed by atoms with Crippen molar-refractivity contribution in [1.82, 2.24) is 20.6 Å². The van der Waals surface area contributed by atoms with Gasteiger partial charge in [-0.3, -0.25) is 0 Å². The average molecular weight is 204 g/mol. The first-order valence-electron chi connectivity index (χ1n) is 4.13. The number of aromatic nitrogens is 4. The van der Waals surface area contributed by atoms with Crippen LogP contribution in [0.15, 0.2) is 29.4 Å². The lowest BCUT2D eigenvalue weighted by atomic mass is 10.1. The van der Waals surface area contributed by atoms with Crippen LogP contribution in [0.2, 0.25) is 0 Å². The third kappa shape index (κ3) is 1.75. The SMILES string of the molecule is NC(=NO)c1cccc(-c2nn[nH]n2)c1. The molecule has 1 heterocycles. The van der Waals surface area contributed by atoms with Gasteiger partial charge in [0.1, 0.15) is 0 Å². The first kappa shape index (κ1) is 9.13. The van der Waals surface area contributed by atoms with Gasteiger partial charge in [0.05, 0.1) is 0 Å². The summed E-state index contributed by atoms with van der Waals surface area (Å²) in [6.45, 7) is 0. The molecule has 0 unspecified atom stereocenters. The van der Waals surface area contributed by atoms with Gasteiger partial charge in [-0.15, -0.1) is 10.2 Å². The molecule has 2 aromatic rings. The van der Waals surface area contributed by atoms with E-state index in [2.05, 4.69) is 25.8 Å². The van der Waals surface area contributed by atoms with Crippen LogP contribution < -0.4 is 5.73 Å². The number of oxime groups is 1. The summed E-state index contributed by atoms with van der Waals surface area (Å²) in [5.41, 5.74) is 6.79. The van der Waals surface area contributed by atoms with Crippen molar-refractivity contribution in [2.75, 3.05) is 0 Å². The molecular formula is C8H8N6O. The standard InChI is InChI=1S/C8H8N6O/c9-7(12-15)5-2-1-3-6(4-5)8-10-13-14-11-8/h1-4,15H,(H2,9,12)(H,10,11,13,14). The predicted molar refractivity (Wildman–Crippen MR) is 52.1 cm³/mol. The van der Waals surface area contributed by atoms with Gasteiger partial charge in [-0.1, -0.05) is 23.4 Å². The van der Waals surface area contributed by atoms with Crippen molar-refractivity contribution in [1.29, 1.82) is 0 Å². The van der Waals surface area contributed by atoms with E-state index in [9.17, 15) is 0 Å². The number of tetrazole rings is 1. The first-order chi connectivity index (χ1) is 7.31. The maximum atomic E-state index is 8.52. The summed E-state index contributed by atoms with van der Waals surface area (Å²) in [5, 5.41) is 24.9. The second-order valence-corrected chi connectivity index (χ2v) is 2.80. The number of aromatic amines is 1. The Bertz CT molecular complexity index is 478. The summed E-state index contributed by atoms with van der Waals surface area (Å²) in [4.78, 5) is 0. The second-order valence-electron chi connectivity index (χ2n) is 2.80. The van der Waals surface area contributed by atoms with Crippen LogP contribution >= 0.6 is 0 Å². The number of amidine groups is 1. The van der Waals surface area contributed by atoms with E-state index in [4.69, 9.17) is 10.9 Å². The van der Waals surface area contributed by atoms with Crippen LogP contribution in [0.1, 0.15) is 5.56 Å². The minimum absolute atomic E-state index is 0.0420. The van der Waals surface area contributed by atoms with E-state index >= 15 is 0 Å². The molecule has 1 aromatic carbocycles. The molecular weight excluding hydrogens is 196 g/mol. The van der Waals surface area contributed by atoms with E-state index in [1.807, 2.05) is 0 Å². The van der Waals surface area contributed by atoms with Gasteiger partial charge >= 0.3 is 0 Å². The van der Waals surface area contributed by atoms with Crippen molar-refractivity contribution >= 4 is 5.84 Å². The van der Waals surface area contributed by atoms with Crippen molar-refractivity contribution in [3.05, 3.63) is 29.8 Å². The monoisotopic (exact) mass is 204 g/mol. The third-order valence-corrected chi connectivity index (χ3v) is 1.87. The Hall–Kier alpha value is -2.44. The fourth-order valence-corrected chi connectivity index (χ4v) is 1.16. The molecule has 76 valence electrons. The Kier molecular flexibility index (Phi) is 2.28. The Morgan fingerprint density at radius 3 is 3.00 bits per heavy atom. The quantitative estimate of drug-likeness (QED) is 0.275. The van der Waals surface area contributed by atoms with Crippen LogP contribution in [0.5, 0.6) is 0 Å². The second kappa shape index (κ2) is 3.74. The average Bonchev–Trinajstić information content (AvgIpc) is 2.82. The van der Waals surface area contributed by atoms with Crippen LogP contribution in [0, 0.1) is 0 Å². The van der Waals surface area contributed by atoms with Gasteiger partial charge in [-0.25, -0.2) is 0 Å². The molecule has 0 saturated carbocycles. The summed E-state index contributed by atoms with van der Waals surface area (Å²) in [6.07, 6.45) is 0. The predicted octanol–water partition coefficient (Wildman–Crippen LogP) is -0.0388. The van der Waals surface area contributed by atoms with Crippen molar-refractivity contribution < 1.29 is 5.21 Å². The number of hydrogen-bond donors (Lipinski definition) is 3. The number of nitrogens with one attached hydrogen (secondary N) is 1. The molecule has 0 spiro atoms. The molecule has 2 rings (SSSR count). The lowest BCUT2D eigenvalue weighted by Crippen LogP contribution is -2.12. The zero-order chi connectivity index (χ0) is 10.7. The van der Waals surface area contributed by atoms with Gasteiger partial charge in [0.15, 0.2) is 5.84 Å². The highest BCUT2D eigenvalue weighted by Crippen LogP contribution is 2.14. The van der Waals surface area contributed by atoms with Gasteiger partial charge in [-0.05, 0) is 11.3 Å². The molecule has 0 amide bonds. The van der Waals surface area contributed by atoms with Crippen molar-refractivity contribution in [2.45, 2.75) is 0 Å². The van der Waals surface area contributed by atoms with Crippen LogP contribution in [-0.2, 0) is 0 Å². The van der Waals surface area contributed by atoms with Crippen LogP contribution in [0.4, 0.5) is 0 Å². The number of rotatable bonds is 2. The number of nitrogens with zero attached hydrogens (tertiary/aromatic N) is 4. The maximum absolute atomic E-state index is 8.52. The van der Waals surface area contributed by atoms with E-state index in [1.54, 1.807) is 24.3 Å². The van der Waals surface area contributed by atoms with Gasteiger partial charge in [0.2, 0.25) is 5.82 Å². The molecule has 0 aliphatic rings. The molecule has 0 fully saturated rings. The molecule has 0 atom stereocenters. The van der Waals surface area contributed by atoms with Gasteiger partial charge in [-0.2, -0.15) is 5.21 Å². The van der Waals surface area contributed by atoms with E-state index in [1.165, 1.54) is 0 Å². The van der Waals surface area contributed by atoms with Crippen molar-refractivity contribution in [3.63, 3.8) is 0 Å². The van der Waals surface area contributed by atoms with Crippen LogP contribution in [0.3, 0.4) is 0 Å². The van der Waals surface area contributed by atoms with Crippen molar-refractivity contribution in [2.24, 2.45) is 10.9 Å². The number of benzene rings is 1. The minimum atomic E-state index is 0.0420. The topological polar surface area (TPSA) is 113 Å². The Morgan fingerprint density at radius 1 is 1.47 bits per heavy atom. The molecule has 0 aliphatic heterocycles. The summed E-state index contributed by atoms with van der Waals surface area (Å²) in [5.74, 6) is 0.503. The summed E-state index contributed by atoms with van der Waals surface area (Å²) >= 11 is 0. The molecule has 15 heavy (non-hydrogen) atoms. The highest BCUT2D eigenvalue weighted by atomic mass is 16.4. The van der Waals surface area contributed by atoms with Gasteiger partial charge in [0.25, 0.3) is 0 Å². The molecule has 7 heteroatoms. The molecule has 4 N–H and O–H groups in total. The highest BCUT2D eigenvalue weighted by Gasteiger charge is 2.05. The largest absolute Gasteiger partial charge is 0.409 e. The molecule has 0 bridgehead atoms.